The highest BCUT2D eigenvalue weighted by Gasteiger charge is 2.11. The van der Waals surface area contributed by atoms with Gasteiger partial charge in [-0.3, -0.25) is 4.79 Å². The SMILES string of the molecule is COc1cc(C(=O)NCc2nc(C)c(C)o2)ccc1N. The maximum absolute atomic E-state index is 12.0. The molecule has 1 aromatic carbocycles. The van der Waals surface area contributed by atoms with E-state index in [1.54, 1.807) is 18.2 Å². The van der Waals surface area contributed by atoms with Crippen LogP contribution in [0.3, 0.4) is 0 Å². The summed E-state index contributed by atoms with van der Waals surface area (Å²) in [6.45, 7) is 3.92. The van der Waals surface area contributed by atoms with Crippen molar-refractivity contribution in [1.82, 2.24) is 10.3 Å². The minimum atomic E-state index is -0.239. The van der Waals surface area contributed by atoms with E-state index in [9.17, 15) is 4.79 Å². The summed E-state index contributed by atoms with van der Waals surface area (Å²) in [5.74, 6) is 1.47. The fourth-order valence-corrected chi connectivity index (χ4v) is 1.73. The number of benzene rings is 1. The number of carbonyl (C=O) groups is 1. The number of hydrogen-bond acceptors (Lipinski definition) is 5. The lowest BCUT2D eigenvalue weighted by atomic mass is 10.2. The van der Waals surface area contributed by atoms with Crippen LogP contribution in [0.2, 0.25) is 0 Å². The summed E-state index contributed by atoms with van der Waals surface area (Å²) in [7, 11) is 1.51. The quantitative estimate of drug-likeness (QED) is 0.830. The van der Waals surface area contributed by atoms with E-state index in [1.165, 1.54) is 7.11 Å². The molecule has 0 aliphatic carbocycles. The van der Waals surface area contributed by atoms with Gasteiger partial charge in [0.1, 0.15) is 11.5 Å². The van der Waals surface area contributed by atoms with Crippen LogP contribution in [0.1, 0.15) is 27.7 Å². The van der Waals surface area contributed by atoms with Gasteiger partial charge in [-0.25, -0.2) is 4.98 Å². The molecule has 0 aliphatic heterocycles. The summed E-state index contributed by atoms with van der Waals surface area (Å²) in [5, 5.41) is 2.74. The molecule has 6 nitrogen and oxygen atoms in total. The Hall–Kier alpha value is -2.50. The molecule has 2 aromatic rings. The van der Waals surface area contributed by atoms with Crippen LogP contribution in [0.4, 0.5) is 5.69 Å². The third kappa shape index (κ3) is 2.90. The molecular formula is C14H17N3O3. The first-order valence-corrected chi connectivity index (χ1v) is 6.16. The molecule has 0 saturated heterocycles. The molecule has 0 aliphatic rings. The van der Waals surface area contributed by atoms with E-state index < -0.39 is 0 Å². The molecule has 0 radical (unpaired) electrons. The summed E-state index contributed by atoms with van der Waals surface area (Å²) in [5.41, 5.74) is 7.48. The molecule has 1 amide bonds. The average molecular weight is 275 g/mol. The summed E-state index contributed by atoms with van der Waals surface area (Å²) in [6, 6.07) is 4.86. The van der Waals surface area contributed by atoms with Crippen molar-refractivity contribution in [3.05, 3.63) is 41.1 Å². The molecule has 0 fully saturated rings. The van der Waals surface area contributed by atoms with Crippen LogP contribution in [-0.4, -0.2) is 18.0 Å². The number of hydrogen-bond donors (Lipinski definition) is 2. The van der Waals surface area contributed by atoms with Crippen LogP contribution in [-0.2, 0) is 6.54 Å². The highest BCUT2D eigenvalue weighted by molar-refractivity contribution is 5.95. The largest absolute Gasteiger partial charge is 0.495 e. The highest BCUT2D eigenvalue weighted by atomic mass is 16.5. The lowest BCUT2D eigenvalue weighted by Gasteiger charge is -2.07. The topological polar surface area (TPSA) is 90.4 Å². The van der Waals surface area contributed by atoms with Crippen LogP contribution in [0.5, 0.6) is 5.75 Å². The van der Waals surface area contributed by atoms with Crippen LogP contribution in [0, 0.1) is 13.8 Å². The van der Waals surface area contributed by atoms with Crippen molar-refractivity contribution in [2.75, 3.05) is 12.8 Å². The van der Waals surface area contributed by atoms with E-state index in [2.05, 4.69) is 10.3 Å². The van der Waals surface area contributed by atoms with Gasteiger partial charge in [0.15, 0.2) is 0 Å². The van der Waals surface area contributed by atoms with Crippen molar-refractivity contribution < 1.29 is 13.9 Å². The smallest absolute Gasteiger partial charge is 0.251 e. The number of ether oxygens (including phenoxy) is 1. The highest BCUT2D eigenvalue weighted by Crippen LogP contribution is 2.22. The van der Waals surface area contributed by atoms with Gasteiger partial charge in [-0.05, 0) is 32.0 Å². The number of amides is 1. The first-order chi connectivity index (χ1) is 9.51. The van der Waals surface area contributed by atoms with E-state index >= 15 is 0 Å². The van der Waals surface area contributed by atoms with Gasteiger partial charge in [0.2, 0.25) is 5.89 Å². The lowest BCUT2D eigenvalue weighted by molar-refractivity contribution is 0.0947. The van der Waals surface area contributed by atoms with Gasteiger partial charge in [-0.2, -0.15) is 0 Å². The molecule has 1 aromatic heterocycles. The molecule has 3 N–H and O–H groups in total. The maximum atomic E-state index is 12.0. The number of aryl methyl sites for hydroxylation is 2. The van der Waals surface area contributed by atoms with E-state index in [4.69, 9.17) is 14.9 Å². The molecule has 20 heavy (non-hydrogen) atoms. The lowest BCUT2D eigenvalue weighted by Crippen LogP contribution is -2.23. The Morgan fingerprint density at radius 3 is 2.80 bits per heavy atom. The number of oxazole rings is 1. The van der Waals surface area contributed by atoms with Crippen LogP contribution in [0.15, 0.2) is 22.6 Å². The number of methoxy groups -OCH3 is 1. The Morgan fingerprint density at radius 1 is 1.45 bits per heavy atom. The predicted molar refractivity (Wildman–Crippen MR) is 74.6 cm³/mol. The molecule has 1 heterocycles. The van der Waals surface area contributed by atoms with E-state index in [0.717, 1.165) is 11.5 Å². The molecule has 106 valence electrons. The van der Waals surface area contributed by atoms with Crippen LogP contribution < -0.4 is 15.8 Å². The number of nitrogens with two attached hydrogens (primary N) is 1. The number of rotatable bonds is 4. The third-order valence-electron chi connectivity index (χ3n) is 2.97. The van der Waals surface area contributed by atoms with Gasteiger partial charge >= 0.3 is 0 Å². The zero-order chi connectivity index (χ0) is 14.7. The van der Waals surface area contributed by atoms with E-state index in [0.29, 0.717) is 22.9 Å². The average Bonchev–Trinajstić information content (AvgIpc) is 2.75. The summed E-state index contributed by atoms with van der Waals surface area (Å²) in [6.07, 6.45) is 0. The Morgan fingerprint density at radius 2 is 2.20 bits per heavy atom. The summed E-state index contributed by atoms with van der Waals surface area (Å²) < 4.78 is 10.5. The molecular weight excluding hydrogens is 258 g/mol. The van der Waals surface area contributed by atoms with Crippen molar-refractivity contribution in [3.63, 3.8) is 0 Å². The normalized spacial score (nSPS) is 10.3. The van der Waals surface area contributed by atoms with Gasteiger partial charge in [0, 0.05) is 5.56 Å². The number of nitrogens with zero attached hydrogens (tertiary/aromatic N) is 1. The fraction of sp³-hybridized carbons (Fsp3) is 0.286. The molecule has 6 heteroatoms. The second-order valence-corrected chi connectivity index (χ2v) is 4.39. The van der Waals surface area contributed by atoms with Crippen molar-refractivity contribution in [3.8, 4) is 5.75 Å². The molecule has 2 rings (SSSR count). The number of carbonyl (C=O) groups excluding carboxylic acids is 1. The number of nitrogens with one attached hydrogen (secondary N) is 1. The Bertz CT molecular complexity index is 615. The van der Waals surface area contributed by atoms with Crippen molar-refractivity contribution >= 4 is 11.6 Å². The van der Waals surface area contributed by atoms with Crippen LogP contribution >= 0.6 is 0 Å². The second-order valence-electron chi connectivity index (χ2n) is 4.39. The predicted octanol–water partition coefficient (Wildman–Crippen LogP) is 1.81. The zero-order valence-electron chi connectivity index (χ0n) is 11.7. The maximum Gasteiger partial charge on any atom is 0.251 e. The first-order valence-electron chi connectivity index (χ1n) is 6.16. The van der Waals surface area contributed by atoms with Gasteiger partial charge < -0.3 is 20.2 Å². The Balaban J connectivity index is 2.05. The molecule has 0 atom stereocenters. The zero-order valence-corrected chi connectivity index (χ0v) is 11.7. The minimum Gasteiger partial charge on any atom is -0.495 e. The molecule has 0 bridgehead atoms. The summed E-state index contributed by atoms with van der Waals surface area (Å²) >= 11 is 0. The molecule has 0 saturated carbocycles. The monoisotopic (exact) mass is 275 g/mol. The fourth-order valence-electron chi connectivity index (χ4n) is 1.73. The first kappa shape index (κ1) is 13.9. The van der Waals surface area contributed by atoms with Crippen LogP contribution in [0.25, 0.3) is 0 Å². The minimum absolute atomic E-state index is 0.236. The number of aromatic nitrogens is 1. The van der Waals surface area contributed by atoms with Gasteiger partial charge in [0.25, 0.3) is 5.91 Å². The number of anilines is 1. The number of nitrogen functional groups attached to an aromatic ring is 1. The summed E-state index contributed by atoms with van der Waals surface area (Å²) in [4.78, 5) is 16.2. The van der Waals surface area contributed by atoms with Crippen molar-refractivity contribution in [2.45, 2.75) is 20.4 Å². The third-order valence-corrected chi connectivity index (χ3v) is 2.97. The van der Waals surface area contributed by atoms with E-state index in [-0.39, 0.29) is 12.5 Å². The van der Waals surface area contributed by atoms with Crippen molar-refractivity contribution in [2.24, 2.45) is 0 Å². The van der Waals surface area contributed by atoms with E-state index in [1.807, 2.05) is 13.8 Å². The van der Waals surface area contributed by atoms with Gasteiger partial charge in [0.05, 0.1) is 25.0 Å². The Labute approximate surface area is 116 Å². The van der Waals surface area contributed by atoms with Crippen molar-refractivity contribution in [1.29, 1.82) is 0 Å². The van der Waals surface area contributed by atoms with Gasteiger partial charge in [-0.1, -0.05) is 0 Å². The van der Waals surface area contributed by atoms with Gasteiger partial charge in [-0.15, -0.1) is 0 Å². The molecule has 0 spiro atoms. The Kier molecular flexibility index (Phi) is 3.93. The molecule has 0 unspecified atom stereocenters. The second kappa shape index (κ2) is 5.64. The standard InChI is InChI=1S/C14H17N3O3/c1-8-9(2)20-13(17-8)7-16-14(18)10-4-5-11(15)12(6-10)19-3/h4-6H,7,15H2,1-3H3,(H,16,18).